The Morgan fingerprint density at radius 1 is 1.10 bits per heavy atom. The van der Waals surface area contributed by atoms with Crippen molar-refractivity contribution in [1.29, 1.82) is 0 Å². The lowest BCUT2D eigenvalue weighted by Crippen LogP contribution is -2.12. The highest BCUT2D eigenvalue weighted by Crippen LogP contribution is 2.26. The van der Waals surface area contributed by atoms with Crippen LogP contribution in [0.1, 0.15) is 27.7 Å². The van der Waals surface area contributed by atoms with Crippen molar-refractivity contribution in [1.82, 2.24) is 24.9 Å². The summed E-state index contributed by atoms with van der Waals surface area (Å²) >= 11 is 12.3. The van der Waals surface area contributed by atoms with Gasteiger partial charge in [0.15, 0.2) is 18.1 Å². The van der Waals surface area contributed by atoms with E-state index in [2.05, 4.69) is 20.2 Å². The average Bonchev–Trinajstić information content (AvgIpc) is 3.33. The number of carbonyl (C=O) groups is 1. The van der Waals surface area contributed by atoms with Crippen LogP contribution in [0.4, 0.5) is 0 Å². The van der Waals surface area contributed by atoms with Crippen LogP contribution in [-0.4, -0.2) is 30.9 Å². The van der Waals surface area contributed by atoms with Gasteiger partial charge in [0.05, 0.1) is 21.3 Å². The molecule has 0 spiro atoms. The second-order valence-corrected chi connectivity index (χ2v) is 7.22. The van der Waals surface area contributed by atoms with Crippen LogP contribution < -0.4 is 0 Å². The molecule has 0 aliphatic rings. The summed E-state index contributed by atoms with van der Waals surface area (Å²) in [6.45, 7) is 3.55. The number of halogens is 2. The number of aryl methyl sites for hydroxylation is 2. The lowest BCUT2D eigenvalue weighted by atomic mass is 10.2. The highest BCUT2D eigenvalue weighted by atomic mass is 35.5. The quantitative estimate of drug-likeness (QED) is 0.415. The van der Waals surface area contributed by atoms with Gasteiger partial charge in [-0.05, 0) is 44.2 Å². The number of rotatable bonds is 5. The van der Waals surface area contributed by atoms with Crippen LogP contribution >= 0.6 is 23.2 Å². The molecule has 0 bridgehead atoms. The van der Waals surface area contributed by atoms with Gasteiger partial charge in [-0.3, -0.25) is 0 Å². The Bertz CT molecular complexity index is 1230. The summed E-state index contributed by atoms with van der Waals surface area (Å²) in [6, 6.07) is 12.2. The molecule has 0 aliphatic carbocycles. The fourth-order valence-corrected chi connectivity index (χ4v) is 3.21. The minimum Gasteiger partial charge on any atom is -0.453 e. The summed E-state index contributed by atoms with van der Waals surface area (Å²) in [7, 11) is 0. The van der Waals surface area contributed by atoms with Gasteiger partial charge in [-0.2, -0.15) is 10.1 Å². The van der Waals surface area contributed by atoms with E-state index in [1.165, 1.54) is 0 Å². The van der Waals surface area contributed by atoms with Crippen LogP contribution in [0.5, 0.6) is 0 Å². The molecule has 0 radical (unpaired) electrons. The van der Waals surface area contributed by atoms with Crippen LogP contribution in [0.3, 0.4) is 0 Å². The molecule has 0 saturated heterocycles. The van der Waals surface area contributed by atoms with E-state index in [0.717, 1.165) is 11.4 Å². The fourth-order valence-electron chi connectivity index (χ4n) is 2.81. The van der Waals surface area contributed by atoms with Crippen molar-refractivity contribution in [3.63, 3.8) is 0 Å². The molecule has 0 fully saturated rings. The Morgan fingerprint density at radius 2 is 1.90 bits per heavy atom. The van der Waals surface area contributed by atoms with Crippen molar-refractivity contribution >= 4 is 29.2 Å². The van der Waals surface area contributed by atoms with Gasteiger partial charge in [0, 0.05) is 5.69 Å². The maximum atomic E-state index is 12.5. The Labute approximate surface area is 181 Å². The Kier molecular flexibility index (Phi) is 5.52. The standard InChI is InChI=1S/C20H15Cl2N5O3/c1-11-9-12(2)27(25-11)17-8-7-15(22)18(24-17)20(28)29-10-16-23-19(30-26-16)13-5-3-4-6-14(13)21/h3-9H,10H2,1-2H3. The largest absolute Gasteiger partial charge is 0.453 e. The third kappa shape index (κ3) is 4.05. The topological polar surface area (TPSA) is 95.9 Å². The molecule has 0 atom stereocenters. The maximum Gasteiger partial charge on any atom is 0.359 e. The first-order valence-electron chi connectivity index (χ1n) is 8.87. The average molecular weight is 444 g/mol. The lowest BCUT2D eigenvalue weighted by Gasteiger charge is -2.07. The molecule has 0 unspecified atom stereocenters. The van der Waals surface area contributed by atoms with Crippen molar-refractivity contribution in [2.75, 3.05) is 0 Å². The van der Waals surface area contributed by atoms with E-state index in [9.17, 15) is 4.79 Å². The SMILES string of the molecule is Cc1cc(C)n(-c2ccc(Cl)c(C(=O)OCc3noc(-c4ccccc4Cl)n3)n2)n1. The Hall–Kier alpha value is -3.23. The number of nitrogens with zero attached hydrogens (tertiary/aromatic N) is 5. The van der Waals surface area contributed by atoms with E-state index in [4.69, 9.17) is 32.5 Å². The van der Waals surface area contributed by atoms with Crippen molar-refractivity contribution in [2.45, 2.75) is 20.5 Å². The highest BCUT2D eigenvalue weighted by Gasteiger charge is 2.19. The zero-order chi connectivity index (χ0) is 21.3. The minimum absolute atomic E-state index is 0.0310. The van der Waals surface area contributed by atoms with Gasteiger partial charge in [-0.15, -0.1) is 0 Å². The Balaban J connectivity index is 1.50. The van der Waals surface area contributed by atoms with Gasteiger partial charge in [-0.1, -0.05) is 40.5 Å². The first kappa shape index (κ1) is 20.1. The van der Waals surface area contributed by atoms with Crippen LogP contribution in [0.15, 0.2) is 47.0 Å². The molecule has 0 saturated carbocycles. The number of pyridine rings is 1. The second kappa shape index (κ2) is 8.25. The minimum atomic E-state index is -0.715. The molecule has 1 aromatic carbocycles. The summed E-state index contributed by atoms with van der Waals surface area (Å²) in [6.07, 6.45) is 0. The number of esters is 1. The van der Waals surface area contributed by atoms with E-state index in [1.54, 1.807) is 41.1 Å². The summed E-state index contributed by atoms with van der Waals surface area (Å²) in [5.74, 6) is 0.156. The van der Waals surface area contributed by atoms with Gasteiger partial charge in [0.2, 0.25) is 5.82 Å². The summed E-state index contributed by atoms with van der Waals surface area (Å²) in [5.41, 5.74) is 2.27. The fraction of sp³-hybridized carbons (Fsp3) is 0.150. The van der Waals surface area contributed by atoms with Gasteiger partial charge < -0.3 is 9.26 Å². The second-order valence-electron chi connectivity index (χ2n) is 6.41. The molecule has 0 aliphatic heterocycles. The first-order chi connectivity index (χ1) is 14.4. The number of hydrogen-bond donors (Lipinski definition) is 0. The van der Waals surface area contributed by atoms with Crippen molar-refractivity contribution in [3.8, 4) is 17.3 Å². The zero-order valence-corrected chi connectivity index (χ0v) is 17.5. The molecule has 3 heterocycles. The predicted octanol–water partition coefficient (Wildman–Crippen LogP) is 4.60. The van der Waals surface area contributed by atoms with Crippen LogP contribution in [-0.2, 0) is 11.3 Å². The monoisotopic (exact) mass is 443 g/mol. The molecule has 10 heteroatoms. The van der Waals surface area contributed by atoms with Crippen LogP contribution in [0.2, 0.25) is 10.0 Å². The van der Waals surface area contributed by atoms with E-state index in [-0.39, 0.29) is 29.0 Å². The van der Waals surface area contributed by atoms with Gasteiger partial charge >= 0.3 is 5.97 Å². The summed E-state index contributed by atoms with van der Waals surface area (Å²) in [4.78, 5) is 21.0. The number of ether oxygens (including phenoxy) is 1. The predicted molar refractivity (Wildman–Crippen MR) is 110 cm³/mol. The van der Waals surface area contributed by atoms with Crippen LogP contribution in [0.25, 0.3) is 17.3 Å². The molecular formula is C20H15Cl2N5O3. The molecule has 3 aromatic heterocycles. The molecule has 8 nitrogen and oxygen atoms in total. The maximum absolute atomic E-state index is 12.5. The van der Waals surface area contributed by atoms with E-state index < -0.39 is 5.97 Å². The molecule has 4 aromatic rings. The van der Waals surface area contributed by atoms with E-state index in [0.29, 0.717) is 16.4 Å². The molecule has 4 rings (SSSR count). The van der Waals surface area contributed by atoms with Crippen LogP contribution in [0, 0.1) is 13.8 Å². The third-order valence-electron chi connectivity index (χ3n) is 4.16. The number of benzene rings is 1. The normalized spacial score (nSPS) is 10.9. The number of aromatic nitrogens is 5. The summed E-state index contributed by atoms with van der Waals surface area (Å²) < 4.78 is 12.1. The molecule has 30 heavy (non-hydrogen) atoms. The Morgan fingerprint density at radius 3 is 2.63 bits per heavy atom. The number of hydrogen-bond acceptors (Lipinski definition) is 7. The van der Waals surface area contributed by atoms with E-state index >= 15 is 0 Å². The molecule has 152 valence electrons. The smallest absolute Gasteiger partial charge is 0.359 e. The highest BCUT2D eigenvalue weighted by molar-refractivity contribution is 6.33. The van der Waals surface area contributed by atoms with Gasteiger partial charge in [0.1, 0.15) is 0 Å². The lowest BCUT2D eigenvalue weighted by molar-refractivity contribution is 0.0453. The van der Waals surface area contributed by atoms with Gasteiger partial charge in [0.25, 0.3) is 5.89 Å². The summed E-state index contributed by atoms with van der Waals surface area (Å²) in [5, 5.41) is 8.81. The molecular weight excluding hydrogens is 429 g/mol. The molecule has 0 N–H and O–H groups in total. The third-order valence-corrected chi connectivity index (χ3v) is 4.79. The van der Waals surface area contributed by atoms with Crippen molar-refractivity contribution < 1.29 is 14.1 Å². The van der Waals surface area contributed by atoms with E-state index in [1.807, 2.05) is 19.9 Å². The van der Waals surface area contributed by atoms with Gasteiger partial charge in [-0.25, -0.2) is 14.5 Å². The number of carbonyl (C=O) groups excluding carboxylic acids is 1. The van der Waals surface area contributed by atoms with Crippen molar-refractivity contribution in [2.24, 2.45) is 0 Å². The molecule has 0 amide bonds. The first-order valence-corrected chi connectivity index (χ1v) is 9.63. The van der Waals surface area contributed by atoms with Crippen molar-refractivity contribution in [3.05, 3.63) is 75.4 Å². The zero-order valence-electron chi connectivity index (χ0n) is 16.0.